The van der Waals surface area contributed by atoms with Gasteiger partial charge in [0, 0.05) is 6.04 Å². The molecule has 1 aliphatic carbocycles. The minimum Gasteiger partial charge on any atom is -0.327 e. The van der Waals surface area contributed by atoms with Gasteiger partial charge in [0.2, 0.25) is 0 Å². The molecule has 1 saturated carbocycles. The SMILES string of the molecule is CC1CC1[C@@H](N)C(C)C. The van der Waals surface area contributed by atoms with Gasteiger partial charge in [-0.25, -0.2) is 0 Å². The van der Waals surface area contributed by atoms with E-state index in [1.54, 1.807) is 0 Å². The topological polar surface area (TPSA) is 26.0 Å². The highest BCUT2D eigenvalue weighted by Gasteiger charge is 2.38. The van der Waals surface area contributed by atoms with Gasteiger partial charge in [0.1, 0.15) is 0 Å². The van der Waals surface area contributed by atoms with Gasteiger partial charge in [0.05, 0.1) is 0 Å². The average molecular weight is 127 g/mol. The zero-order valence-corrected chi connectivity index (χ0v) is 6.59. The Morgan fingerprint density at radius 1 is 1.44 bits per heavy atom. The van der Waals surface area contributed by atoms with Crippen molar-refractivity contribution >= 4 is 0 Å². The molecule has 0 radical (unpaired) electrons. The van der Waals surface area contributed by atoms with E-state index in [0.717, 1.165) is 11.8 Å². The predicted octanol–water partition coefficient (Wildman–Crippen LogP) is 1.63. The Balaban J connectivity index is 2.27. The summed E-state index contributed by atoms with van der Waals surface area (Å²) in [5.41, 5.74) is 5.91. The van der Waals surface area contributed by atoms with Crippen LogP contribution in [0.1, 0.15) is 27.2 Å². The Morgan fingerprint density at radius 2 is 1.89 bits per heavy atom. The molecule has 1 rings (SSSR count). The summed E-state index contributed by atoms with van der Waals surface area (Å²) in [5.74, 6) is 2.41. The molecule has 1 heteroatoms. The number of hydrogen-bond donors (Lipinski definition) is 1. The summed E-state index contributed by atoms with van der Waals surface area (Å²) in [6.45, 7) is 6.69. The van der Waals surface area contributed by atoms with Crippen molar-refractivity contribution in [2.75, 3.05) is 0 Å². The molecule has 0 spiro atoms. The van der Waals surface area contributed by atoms with E-state index >= 15 is 0 Å². The van der Waals surface area contributed by atoms with Gasteiger partial charge >= 0.3 is 0 Å². The molecule has 1 nitrogen and oxygen atoms in total. The highest BCUT2D eigenvalue weighted by molar-refractivity contribution is 4.91. The highest BCUT2D eigenvalue weighted by atomic mass is 14.7. The quantitative estimate of drug-likeness (QED) is 0.599. The summed E-state index contributed by atoms with van der Waals surface area (Å²) < 4.78 is 0. The zero-order valence-electron chi connectivity index (χ0n) is 6.59. The first-order chi connectivity index (χ1) is 4.13. The number of hydrogen-bond acceptors (Lipinski definition) is 1. The lowest BCUT2D eigenvalue weighted by Crippen LogP contribution is -2.29. The maximum Gasteiger partial charge on any atom is 0.00930 e. The summed E-state index contributed by atoms with van der Waals surface area (Å²) in [6.07, 6.45) is 1.36. The summed E-state index contributed by atoms with van der Waals surface area (Å²) in [4.78, 5) is 0. The molecular formula is C8H17N. The lowest BCUT2D eigenvalue weighted by atomic mass is 10.00. The van der Waals surface area contributed by atoms with Gasteiger partial charge in [-0.2, -0.15) is 0 Å². The summed E-state index contributed by atoms with van der Waals surface area (Å²) in [5, 5.41) is 0. The van der Waals surface area contributed by atoms with Gasteiger partial charge < -0.3 is 5.73 Å². The molecular weight excluding hydrogens is 110 g/mol. The molecule has 1 fully saturated rings. The fraction of sp³-hybridized carbons (Fsp3) is 1.00. The van der Waals surface area contributed by atoms with Gasteiger partial charge in [-0.05, 0) is 24.2 Å². The van der Waals surface area contributed by atoms with E-state index < -0.39 is 0 Å². The van der Waals surface area contributed by atoms with Gasteiger partial charge in [0.25, 0.3) is 0 Å². The maximum absolute atomic E-state index is 5.91. The smallest absolute Gasteiger partial charge is 0.00930 e. The van der Waals surface area contributed by atoms with Crippen molar-refractivity contribution in [3.63, 3.8) is 0 Å². The van der Waals surface area contributed by atoms with Gasteiger partial charge in [-0.1, -0.05) is 20.8 Å². The third-order valence-corrected chi connectivity index (χ3v) is 2.44. The molecule has 1 aliphatic rings. The summed E-state index contributed by atoms with van der Waals surface area (Å²) in [6, 6.07) is 0.458. The normalized spacial score (nSPS) is 37.0. The summed E-state index contributed by atoms with van der Waals surface area (Å²) >= 11 is 0. The standard InChI is InChI=1S/C8H17N/c1-5(2)8(9)7-4-6(7)3/h5-8H,4,9H2,1-3H3/t6?,7?,8-/m0/s1. The molecule has 3 atom stereocenters. The predicted molar refractivity (Wildman–Crippen MR) is 40.1 cm³/mol. The molecule has 0 aromatic heterocycles. The van der Waals surface area contributed by atoms with Crippen LogP contribution in [0.2, 0.25) is 0 Å². The van der Waals surface area contributed by atoms with E-state index in [9.17, 15) is 0 Å². The molecule has 9 heavy (non-hydrogen) atoms. The minimum absolute atomic E-state index is 0.458. The van der Waals surface area contributed by atoms with Crippen LogP contribution in [0.15, 0.2) is 0 Å². The lowest BCUT2D eigenvalue weighted by molar-refractivity contribution is 0.431. The number of rotatable bonds is 2. The second-order valence-corrected chi connectivity index (χ2v) is 3.70. The Hall–Kier alpha value is -0.0400. The van der Waals surface area contributed by atoms with E-state index in [0.29, 0.717) is 12.0 Å². The number of nitrogens with two attached hydrogens (primary N) is 1. The van der Waals surface area contributed by atoms with Crippen molar-refractivity contribution in [3.8, 4) is 0 Å². The lowest BCUT2D eigenvalue weighted by Gasteiger charge is -2.14. The van der Waals surface area contributed by atoms with Crippen LogP contribution in [0, 0.1) is 17.8 Å². The highest BCUT2D eigenvalue weighted by Crippen LogP contribution is 2.41. The van der Waals surface area contributed by atoms with Crippen LogP contribution in [0.5, 0.6) is 0 Å². The molecule has 0 saturated heterocycles. The molecule has 0 bridgehead atoms. The van der Waals surface area contributed by atoms with Crippen LogP contribution < -0.4 is 5.73 Å². The molecule has 0 aromatic rings. The molecule has 0 aliphatic heterocycles. The van der Waals surface area contributed by atoms with E-state index in [1.165, 1.54) is 6.42 Å². The first-order valence-electron chi connectivity index (χ1n) is 3.88. The van der Waals surface area contributed by atoms with Crippen LogP contribution in [-0.4, -0.2) is 6.04 Å². The monoisotopic (exact) mass is 127 g/mol. The summed E-state index contributed by atoms with van der Waals surface area (Å²) in [7, 11) is 0. The molecule has 0 amide bonds. The average Bonchev–Trinajstić information content (AvgIpc) is 2.44. The first-order valence-corrected chi connectivity index (χ1v) is 3.88. The van der Waals surface area contributed by atoms with Crippen molar-refractivity contribution in [3.05, 3.63) is 0 Å². The first kappa shape index (κ1) is 7.07. The van der Waals surface area contributed by atoms with E-state index in [2.05, 4.69) is 20.8 Å². The van der Waals surface area contributed by atoms with E-state index in [-0.39, 0.29) is 0 Å². The molecule has 54 valence electrons. The third kappa shape index (κ3) is 1.45. The minimum atomic E-state index is 0.458. The Kier molecular flexibility index (Phi) is 1.80. The maximum atomic E-state index is 5.91. The largest absolute Gasteiger partial charge is 0.327 e. The molecule has 2 N–H and O–H groups in total. The van der Waals surface area contributed by atoms with Gasteiger partial charge in [-0.15, -0.1) is 0 Å². The van der Waals surface area contributed by atoms with Crippen molar-refractivity contribution in [1.82, 2.24) is 0 Å². The van der Waals surface area contributed by atoms with Crippen LogP contribution >= 0.6 is 0 Å². The van der Waals surface area contributed by atoms with E-state index in [4.69, 9.17) is 5.73 Å². The third-order valence-electron chi connectivity index (χ3n) is 2.44. The van der Waals surface area contributed by atoms with Crippen molar-refractivity contribution in [1.29, 1.82) is 0 Å². The fourth-order valence-corrected chi connectivity index (χ4v) is 1.38. The second-order valence-electron chi connectivity index (χ2n) is 3.70. The molecule has 0 heterocycles. The van der Waals surface area contributed by atoms with Gasteiger partial charge in [0.15, 0.2) is 0 Å². The van der Waals surface area contributed by atoms with E-state index in [1.807, 2.05) is 0 Å². The Morgan fingerprint density at radius 3 is 2.00 bits per heavy atom. The Bertz CT molecular complexity index is 98.7. The zero-order chi connectivity index (χ0) is 7.02. The molecule has 0 aromatic carbocycles. The van der Waals surface area contributed by atoms with Crippen molar-refractivity contribution < 1.29 is 0 Å². The van der Waals surface area contributed by atoms with Crippen LogP contribution in [0.4, 0.5) is 0 Å². The van der Waals surface area contributed by atoms with Crippen molar-refractivity contribution in [2.24, 2.45) is 23.5 Å². The Labute approximate surface area is 57.6 Å². The van der Waals surface area contributed by atoms with Gasteiger partial charge in [-0.3, -0.25) is 0 Å². The second kappa shape index (κ2) is 2.30. The fourth-order valence-electron chi connectivity index (χ4n) is 1.38. The molecule has 2 unspecified atom stereocenters. The van der Waals surface area contributed by atoms with Crippen LogP contribution in [-0.2, 0) is 0 Å². The van der Waals surface area contributed by atoms with Crippen molar-refractivity contribution in [2.45, 2.75) is 33.2 Å². The van der Waals surface area contributed by atoms with Crippen LogP contribution in [0.25, 0.3) is 0 Å². The van der Waals surface area contributed by atoms with Crippen LogP contribution in [0.3, 0.4) is 0 Å².